The number of aromatic nitrogens is 1. The Hall–Kier alpha value is -2.00. The summed E-state index contributed by atoms with van der Waals surface area (Å²) >= 11 is 0. The molecule has 0 radical (unpaired) electrons. The molecule has 0 saturated carbocycles. The summed E-state index contributed by atoms with van der Waals surface area (Å²) < 4.78 is 67.0. The topological polar surface area (TPSA) is 65.3 Å². The zero-order valence-electron chi connectivity index (χ0n) is 8.66. The Labute approximate surface area is 96.3 Å². The molecule has 1 rings (SSSR count). The van der Waals surface area contributed by atoms with E-state index in [1.165, 1.54) is 0 Å². The van der Waals surface area contributed by atoms with Gasteiger partial charge < -0.3 is 4.74 Å². The van der Waals surface area contributed by atoms with E-state index in [-0.39, 0.29) is 0 Å². The van der Waals surface area contributed by atoms with E-state index in [1.807, 2.05) is 0 Å². The third-order valence-electron chi connectivity index (χ3n) is 1.94. The first-order chi connectivity index (χ1) is 8.20. The van der Waals surface area contributed by atoms with Crippen LogP contribution in [-0.2, 0) is 6.18 Å². The van der Waals surface area contributed by atoms with Gasteiger partial charge in [0.15, 0.2) is 17.0 Å². The molecular formula is C8H5F5N2O3. The molecule has 0 unspecified atom stereocenters. The SMILES string of the molecule is COc1cnc(C(F)F)c([N+](=O)[O-])c1C(F)(F)F. The molecule has 10 heteroatoms. The Kier molecular flexibility index (Phi) is 3.67. The van der Waals surface area contributed by atoms with Gasteiger partial charge >= 0.3 is 11.9 Å². The van der Waals surface area contributed by atoms with Crippen LogP contribution in [0.2, 0.25) is 0 Å². The molecule has 0 atom stereocenters. The summed E-state index contributed by atoms with van der Waals surface area (Å²) in [5.74, 6) is -0.987. The molecule has 0 aliphatic heterocycles. The van der Waals surface area contributed by atoms with Gasteiger partial charge in [-0.05, 0) is 0 Å². The lowest BCUT2D eigenvalue weighted by Crippen LogP contribution is -2.14. The zero-order chi connectivity index (χ0) is 14.1. The molecule has 100 valence electrons. The standard InChI is InChI=1S/C8H5F5N2O3/c1-18-3-2-14-5(7(9)10)6(15(16)17)4(3)8(11,12)13/h2,7H,1H3. The van der Waals surface area contributed by atoms with Crippen molar-refractivity contribution >= 4 is 5.69 Å². The number of methoxy groups -OCH3 is 1. The van der Waals surface area contributed by atoms with Crippen LogP contribution in [0, 0.1) is 10.1 Å². The highest BCUT2D eigenvalue weighted by atomic mass is 19.4. The van der Waals surface area contributed by atoms with Crippen LogP contribution in [-0.4, -0.2) is 17.0 Å². The molecule has 1 aromatic heterocycles. The highest BCUT2D eigenvalue weighted by Crippen LogP contribution is 2.44. The van der Waals surface area contributed by atoms with Crippen molar-refractivity contribution in [3.05, 3.63) is 27.6 Å². The third-order valence-corrected chi connectivity index (χ3v) is 1.94. The number of nitro groups is 1. The second kappa shape index (κ2) is 4.70. The predicted octanol–water partition coefficient (Wildman–Crippen LogP) is 2.95. The first kappa shape index (κ1) is 14.1. The van der Waals surface area contributed by atoms with Gasteiger partial charge in [-0.25, -0.2) is 13.8 Å². The van der Waals surface area contributed by atoms with E-state index < -0.39 is 40.2 Å². The highest BCUT2D eigenvalue weighted by Gasteiger charge is 2.45. The van der Waals surface area contributed by atoms with E-state index in [0.29, 0.717) is 6.20 Å². The molecule has 1 aromatic rings. The van der Waals surface area contributed by atoms with Crippen molar-refractivity contribution in [2.75, 3.05) is 7.11 Å². The second-order valence-corrected chi connectivity index (χ2v) is 2.99. The van der Waals surface area contributed by atoms with Gasteiger partial charge in [0.25, 0.3) is 6.43 Å². The van der Waals surface area contributed by atoms with Gasteiger partial charge in [-0.1, -0.05) is 0 Å². The van der Waals surface area contributed by atoms with Crippen molar-refractivity contribution in [1.82, 2.24) is 4.98 Å². The molecule has 0 aliphatic rings. The van der Waals surface area contributed by atoms with Crippen LogP contribution in [0.5, 0.6) is 5.75 Å². The monoisotopic (exact) mass is 272 g/mol. The fourth-order valence-corrected chi connectivity index (χ4v) is 1.27. The fraction of sp³-hybridized carbons (Fsp3) is 0.375. The molecule has 0 saturated heterocycles. The smallest absolute Gasteiger partial charge is 0.426 e. The molecule has 0 N–H and O–H groups in total. The third kappa shape index (κ3) is 2.46. The van der Waals surface area contributed by atoms with Crippen LogP contribution in [0.15, 0.2) is 6.20 Å². The van der Waals surface area contributed by atoms with Gasteiger partial charge in [-0.15, -0.1) is 0 Å². The van der Waals surface area contributed by atoms with Crippen molar-refractivity contribution in [3.63, 3.8) is 0 Å². The Morgan fingerprint density at radius 2 is 2.00 bits per heavy atom. The minimum atomic E-state index is -5.21. The quantitative estimate of drug-likeness (QED) is 0.482. The Bertz CT molecular complexity index is 475. The number of hydrogen-bond donors (Lipinski definition) is 0. The van der Waals surface area contributed by atoms with Crippen LogP contribution in [0.1, 0.15) is 17.7 Å². The molecule has 1 heterocycles. The summed E-state index contributed by atoms with van der Waals surface area (Å²) in [4.78, 5) is 11.9. The van der Waals surface area contributed by atoms with Crippen LogP contribution in [0.3, 0.4) is 0 Å². The fourth-order valence-electron chi connectivity index (χ4n) is 1.27. The lowest BCUT2D eigenvalue weighted by molar-refractivity contribution is -0.389. The van der Waals surface area contributed by atoms with Gasteiger partial charge in [-0.3, -0.25) is 10.1 Å². The molecule has 0 aliphatic carbocycles. The maximum atomic E-state index is 12.6. The number of halogens is 5. The average Bonchev–Trinajstić information content (AvgIpc) is 2.25. The van der Waals surface area contributed by atoms with Gasteiger partial charge in [0, 0.05) is 0 Å². The highest BCUT2D eigenvalue weighted by molar-refractivity contribution is 5.53. The molecule has 0 bridgehead atoms. The number of hydrogen-bond acceptors (Lipinski definition) is 4. The Morgan fingerprint density at radius 1 is 1.44 bits per heavy atom. The summed E-state index contributed by atoms with van der Waals surface area (Å²) in [5.41, 5.74) is -5.22. The van der Waals surface area contributed by atoms with E-state index in [9.17, 15) is 32.1 Å². The van der Waals surface area contributed by atoms with Crippen molar-refractivity contribution in [1.29, 1.82) is 0 Å². The first-order valence-corrected chi connectivity index (χ1v) is 4.26. The van der Waals surface area contributed by atoms with Crippen LogP contribution in [0.4, 0.5) is 27.6 Å². The molecule has 0 amide bonds. The van der Waals surface area contributed by atoms with Crippen molar-refractivity contribution in [2.24, 2.45) is 0 Å². The van der Waals surface area contributed by atoms with Gasteiger partial charge in [0.2, 0.25) is 0 Å². The molecule has 0 fully saturated rings. The molecule has 18 heavy (non-hydrogen) atoms. The van der Waals surface area contributed by atoms with Crippen LogP contribution < -0.4 is 4.74 Å². The lowest BCUT2D eigenvalue weighted by Gasteiger charge is -2.13. The Balaban J connectivity index is 3.71. The summed E-state index contributed by atoms with van der Waals surface area (Å²) in [6.45, 7) is 0. The largest absolute Gasteiger partial charge is 0.494 e. The molecular weight excluding hydrogens is 267 g/mol. The number of nitrogens with zero attached hydrogens (tertiary/aromatic N) is 2. The maximum Gasteiger partial charge on any atom is 0.426 e. The lowest BCUT2D eigenvalue weighted by atomic mass is 10.1. The van der Waals surface area contributed by atoms with E-state index >= 15 is 0 Å². The van der Waals surface area contributed by atoms with Crippen molar-refractivity contribution in [3.8, 4) is 5.75 Å². The summed E-state index contributed by atoms with van der Waals surface area (Å²) in [5, 5.41) is 10.5. The zero-order valence-corrected chi connectivity index (χ0v) is 8.66. The number of rotatable bonds is 3. The molecule has 0 spiro atoms. The first-order valence-electron chi connectivity index (χ1n) is 4.26. The minimum Gasteiger partial charge on any atom is -0.494 e. The molecule has 5 nitrogen and oxygen atoms in total. The van der Waals surface area contributed by atoms with Crippen molar-refractivity contribution < 1.29 is 31.6 Å². The van der Waals surface area contributed by atoms with Gasteiger partial charge in [0.1, 0.15) is 0 Å². The summed E-state index contributed by atoms with van der Waals surface area (Å²) in [6.07, 6.45) is -8.34. The number of alkyl halides is 5. The number of pyridine rings is 1. The average molecular weight is 272 g/mol. The Morgan fingerprint density at radius 3 is 2.33 bits per heavy atom. The van der Waals surface area contributed by atoms with E-state index in [0.717, 1.165) is 7.11 Å². The summed E-state index contributed by atoms with van der Waals surface area (Å²) in [6, 6.07) is 0. The van der Waals surface area contributed by atoms with Crippen LogP contribution in [0.25, 0.3) is 0 Å². The van der Waals surface area contributed by atoms with Crippen LogP contribution >= 0.6 is 0 Å². The van der Waals surface area contributed by atoms with Gasteiger partial charge in [-0.2, -0.15) is 13.2 Å². The maximum absolute atomic E-state index is 12.6. The minimum absolute atomic E-state index is 0.372. The predicted molar refractivity (Wildman–Crippen MR) is 47.4 cm³/mol. The van der Waals surface area contributed by atoms with Crippen molar-refractivity contribution in [2.45, 2.75) is 12.6 Å². The van der Waals surface area contributed by atoms with E-state index in [1.54, 1.807) is 0 Å². The normalized spacial score (nSPS) is 11.7. The number of ether oxygens (including phenoxy) is 1. The summed E-state index contributed by atoms with van der Waals surface area (Å²) in [7, 11) is 0.817. The molecule has 0 aromatic carbocycles. The van der Waals surface area contributed by atoms with E-state index in [2.05, 4.69) is 9.72 Å². The van der Waals surface area contributed by atoms with E-state index in [4.69, 9.17) is 0 Å². The second-order valence-electron chi connectivity index (χ2n) is 2.99. The van der Waals surface area contributed by atoms with Gasteiger partial charge in [0.05, 0.1) is 18.2 Å².